The van der Waals surface area contributed by atoms with Gasteiger partial charge in [-0.25, -0.2) is 9.59 Å². The second-order valence-electron chi connectivity index (χ2n) is 7.34. The van der Waals surface area contributed by atoms with E-state index in [2.05, 4.69) is 10.6 Å². The Bertz CT molecular complexity index is 1080. The molecule has 0 saturated carbocycles. The van der Waals surface area contributed by atoms with Gasteiger partial charge in [0.2, 0.25) is 5.91 Å². The summed E-state index contributed by atoms with van der Waals surface area (Å²) in [6.45, 7) is 1.77. The van der Waals surface area contributed by atoms with Crippen LogP contribution in [0.3, 0.4) is 0 Å². The number of alkyl carbamates (subject to hydrolysis) is 1. The number of methoxy groups -OCH3 is 1. The van der Waals surface area contributed by atoms with Crippen molar-refractivity contribution in [3.05, 3.63) is 94.9 Å². The van der Waals surface area contributed by atoms with Crippen LogP contribution < -0.4 is 10.6 Å². The Morgan fingerprint density at radius 3 is 2.24 bits per heavy atom. The molecular formula is C25H26N2O6. The van der Waals surface area contributed by atoms with Crippen molar-refractivity contribution in [3.63, 3.8) is 0 Å². The SMILES string of the molecule is COC(=O)c1cc(CNC(=O)C(Cc2ccccc2)NC(=O)OCc2ccccc2)oc1C. The summed E-state index contributed by atoms with van der Waals surface area (Å²) in [5, 5.41) is 5.38. The quantitative estimate of drug-likeness (QED) is 0.483. The summed E-state index contributed by atoms with van der Waals surface area (Å²) in [5.41, 5.74) is 2.01. The minimum Gasteiger partial charge on any atom is -0.465 e. The second kappa shape index (κ2) is 11.5. The van der Waals surface area contributed by atoms with Gasteiger partial charge >= 0.3 is 12.1 Å². The van der Waals surface area contributed by atoms with Crippen molar-refractivity contribution in [2.75, 3.05) is 7.11 Å². The molecule has 1 unspecified atom stereocenters. The first-order chi connectivity index (χ1) is 16.0. The van der Waals surface area contributed by atoms with Crippen LogP contribution in [0, 0.1) is 6.92 Å². The number of amides is 2. The molecule has 0 saturated heterocycles. The summed E-state index contributed by atoms with van der Waals surface area (Å²) in [6, 6.07) is 19.2. The third-order valence-corrected chi connectivity index (χ3v) is 4.91. The van der Waals surface area contributed by atoms with Gasteiger partial charge in [0.15, 0.2) is 0 Å². The summed E-state index contributed by atoms with van der Waals surface area (Å²) in [7, 11) is 1.28. The molecule has 3 rings (SSSR count). The lowest BCUT2D eigenvalue weighted by molar-refractivity contribution is -0.123. The number of aryl methyl sites for hydroxylation is 1. The van der Waals surface area contributed by atoms with Crippen LogP contribution in [0.2, 0.25) is 0 Å². The van der Waals surface area contributed by atoms with E-state index < -0.39 is 24.0 Å². The first-order valence-electron chi connectivity index (χ1n) is 10.4. The van der Waals surface area contributed by atoms with Crippen molar-refractivity contribution in [2.24, 2.45) is 0 Å². The van der Waals surface area contributed by atoms with Gasteiger partial charge in [-0.05, 0) is 24.1 Å². The molecule has 2 amide bonds. The van der Waals surface area contributed by atoms with E-state index >= 15 is 0 Å². The highest BCUT2D eigenvalue weighted by atomic mass is 16.5. The van der Waals surface area contributed by atoms with E-state index in [4.69, 9.17) is 13.9 Å². The van der Waals surface area contributed by atoms with Crippen LogP contribution in [0.25, 0.3) is 0 Å². The average molecular weight is 450 g/mol. The Balaban J connectivity index is 1.63. The molecule has 1 atom stereocenters. The van der Waals surface area contributed by atoms with Crippen LogP contribution in [-0.4, -0.2) is 31.1 Å². The second-order valence-corrected chi connectivity index (χ2v) is 7.34. The third-order valence-electron chi connectivity index (χ3n) is 4.91. The topological polar surface area (TPSA) is 107 Å². The zero-order valence-corrected chi connectivity index (χ0v) is 18.5. The first kappa shape index (κ1) is 23.6. The maximum Gasteiger partial charge on any atom is 0.408 e. The van der Waals surface area contributed by atoms with Gasteiger partial charge in [-0.1, -0.05) is 60.7 Å². The van der Waals surface area contributed by atoms with Crippen LogP contribution in [0.1, 0.15) is 33.0 Å². The van der Waals surface area contributed by atoms with E-state index in [0.29, 0.717) is 17.1 Å². The molecule has 0 aliphatic heterocycles. The number of nitrogens with one attached hydrogen (secondary N) is 2. The summed E-state index contributed by atoms with van der Waals surface area (Å²) < 4.78 is 15.5. The van der Waals surface area contributed by atoms with Crippen molar-refractivity contribution >= 4 is 18.0 Å². The fourth-order valence-electron chi connectivity index (χ4n) is 3.21. The van der Waals surface area contributed by atoms with E-state index in [-0.39, 0.29) is 19.6 Å². The molecule has 2 aromatic carbocycles. The lowest BCUT2D eigenvalue weighted by atomic mass is 10.1. The minimum absolute atomic E-state index is 0.0443. The maximum atomic E-state index is 12.9. The molecule has 1 heterocycles. The number of rotatable bonds is 9. The van der Waals surface area contributed by atoms with Crippen LogP contribution in [-0.2, 0) is 33.8 Å². The fourth-order valence-corrected chi connectivity index (χ4v) is 3.21. The molecule has 0 aliphatic carbocycles. The van der Waals surface area contributed by atoms with Gasteiger partial charge in [-0.2, -0.15) is 0 Å². The molecule has 3 aromatic rings. The summed E-state index contributed by atoms with van der Waals surface area (Å²) in [5.74, 6) is -0.135. The molecule has 0 fully saturated rings. The standard InChI is InChI=1S/C25H26N2O6/c1-17-21(24(29)31-2)14-20(33-17)15-26-23(28)22(13-18-9-5-3-6-10-18)27-25(30)32-16-19-11-7-4-8-12-19/h3-12,14,22H,13,15-16H2,1-2H3,(H,26,28)(H,27,30). The zero-order valence-electron chi connectivity index (χ0n) is 18.5. The highest BCUT2D eigenvalue weighted by Gasteiger charge is 2.23. The number of carbonyl (C=O) groups is 3. The van der Waals surface area contributed by atoms with Crippen LogP contribution in [0.15, 0.2) is 71.1 Å². The molecule has 2 N–H and O–H groups in total. The van der Waals surface area contributed by atoms with Crippen molar-refractivity contribution in [1.29, 1.82) is 0 Å². The Morgan fingerprint density at radius 2 is 1.61 bits per heavy atom. The molecule has 0 spiro atoms. The summed E-state index contributed by atoms with van der Waals surface area (Å²) in [4.78, 5) is 37.0. The van der Waals surface area contributed by atoms with E-state index in [1.54, 1.807) is 6.92 Å². The molecule has 0 aliphatic rings. The van der Waals surface area contributed by atoms with Crippen molar-refractivity contribution in [3.8, 4) is 0 Å². The van der Waals surface area contributed by atoms with E-state index in [0.717, 1.165) is 11.1 Å². The lowest BCUT2D eigenvalue weighted by Crippen LogP contribution is -2.48. The van der Waals surface area contributed by atoms with Gasteiger partial charge in [0.25, 0.3) is 0 Å². The predicted molar refractivity (Wildman–Crippen MR) is 120 cm³/mol. The number of furan rings is 1. The van der Waals surface area contributed by atoms with Crippen LogP contribution in [0.5, 0.6) is 0 Å². The average Bonchev–Trinajstić information content (AvgIpc) is 3.22. The van der Waals surface area contributed by atoms with Gasteiger partial charge in [0.05, 0.1) is 13.7 Å². The minimum atomic E-state index is -0.869. The Hall–Kier alpha value is -4.07. The normalized spacial score (nSPS) is 11.3. The lowest BCUT2D eigenvalue weighted by Gasteiger charge is -2.18. The molecule has 8 nitrogen and oxygen atoms in total. The number of hydrogen-bond donors (Lipinski definition) is 2. The summed E-state index contributed by atoms with van der Waals surface area (Å²) >= 11 is 0. The predicted octanol–water partition coefficient (Wildman–Crippen LogP) is 3.53. The van der Waals surface area contributed by atoms with Gasteiger partial charge in [0.1, 0.15) is 29.7 Å². The number of benzene rings is 2. The number of ether oxygens (including phenoxy) is 2. The molecular weight excluding hydrogens is 424 g/mol. The Kier molecular flexibility index (Phi) is 8.24. The Morgan fingerprint density at radius 1 is 0.970 bits per heavy atom. The first-order valence-corrected chi connectivity index (χ1v) is 10.4. The number of hydrogen-bond acceptors (Lipinski definition) is 6. The molecule has 0 bridgehead atoms. The van der Waals surface area contributed by atoms with Gasteiger partial charge in [-0.15, -0.1) is 0 Å². The smallest absolute Gasteiger partial charge is 0.408 e. The van der Waals surface area contributed by atoms with E-state index in [1.807, 2.05) is 60.7 Å². The van der Waals surface area contributed by atoms with Crippen LogP contribution in [0.4, 0.5) is 4.79 Å². The molecule has 0 radical (unpaired) electrons. The van der Waals surface area contributed by atoms with Gasteiger partial charge in [0, 0.05) is 6.42 Å². The highest BCUT2D eigenvalue weighted by molar-refractivity contribution is 5.90. The van der Waals surface area contributed by atoms with Crippen molar-refractivity contribution in [2.45, 2.75) is 32.5 Å². The number of esters is 1. The maximum absolute atomic E-state index is 12.9. The largest absolute Gasteiger partial charge is 0.465 e. The van der Waals surface area contributed by atoms with E-state index in [9.17, 15) is 14.4 Å². The van der Waals surface area contributed by atoms with Crippen LogP contribution >= 0.6 is 0 Å². The molecule has 172 valence electrons. The molecule has 8 heteroatoms. The molecule has 33 heavy (non-hydrogen) atoms. The van der Waals surface area contributed by atoms with Gasteiger partial charge < -0.3 is 24.5 Å². The Labute approximate surface area is 191 Å². The van der Waals surface area contributed by atoms with Gasteiger partial charge in [-0.3, -0.25) is 4.79 Å². The fraction of sp³-hybridized carbons (Fsp3) is 0.240. The van der Waals surface area contributed by atoms with Crippen molar-refractivity contribution < 1.29 is 28.3 Å². The highest BCUT2D eigenvalue weighted by Crippen LogP contribution is 2.15. The van der Waals surface area contributed by atoms with Crippen molar-refractivity contribution in [1.82, 2.24) is 10.6 Å². The van der Waals surface area contributed by atoms with E-state index in [1.165, 1.54) is 13.2 Å². The zero-order chi connectivity index (χ0) is 23.6. The molecule has 1 aromatic heterocycles. The third kappa shape index (κ3) is 6.96. The number of carbonyl (C=O) groups excluding carboxylic acids is 3. The monoisotopic (exact) mass is 450 g/mol. The summed E-state index contributed by atoms with van der Waals surface area (Å²) in [6.07, 6.45) is -0.422.